The van der Waals surface area contributed by atoms with Crippen LogP contribution < -0.4 is 5.73 Å². The van der Waals surface area contributed by atoms with Gasteiger partial charge in [-0.2, -0.15) is 0 Å². The Kier molecular flexibility index (Phi) is 7.70. The Labute approximate surface area is 133 Å². The van der Waals surface area contributed by atoms with Gasteiger partial charge in [-0.05, 0) is 55.4 Å². The Bertz CT molecular complexity index is 274. The molecule has 2 atom stereocenters. The van der Waals surface area contributed by atoms with Gasteiger partial charge in [-0.25, -0.2) is 0 Å². The fourth-order valence-corrected chi connectivity index (χ4v) is 4.04. The summed E-state index contributed by atoms with van der Waals surface area (Å²) >= 11 is 0. The van der Waals surface area contributed by atoms with Crippen LogP contribution in [-0.2, 0) is 0 Å². The molecule has 0 heterocycles. The predicted molar refractivity (Wildman–Crippen MR) is 94.4 cm³/mol. The van der Waals surface area contributed by atoms with Crippen LogP contribution in [0.4, 0.5) is 0 Å². The molecule has 0 amide bonds. The minimum Gasteiger partial charge on any atom is -0.329 e. The van der Waals surface area contributed by atoms with Crippen molar-refractivity contribution in [3.05, 3.63) is 0 Å². The van der Waals surface area contributed by atoms with Gasteiger partial charge in [-0.15, -0.1) is 0 Å². The van der Waals surface area contributed by atoms with E-state index in [2.05, 4.69) is 46.4 Å². The van der Waals surface area contributed by atoms with Gasteiger partial charge in [0.15, 0.2) is 0 Å². The largest absolute Gasteiger partial charge is 0.329 e. The van der Waals surface area contributed by atoms with Gasteiger partial charge < -0.3 is 5.73 Å². The normalized spacial score (nSPS) is 26.9. The molecule has 0 aromatic heterocycles. The van der Waals surface area contributed by atoms with Crippen molar-refractivity contribution in [2.75, 3.05) is 19.6 Å². The van der Waals surface area contributed by atoms with Crippen molar-refractivity contribution in [2.45, 2.75) is 79.7 Å². The minimum atomic E-state index is 0.477. The van der Waals surface area contributed by atoms with E-state index in [1.54, 1.807) is 0 Å². The third-order valence-corrected chi connectivity index (χ3v) is 5.90. The molecule has 1 rings (SSSR count). The lowest BCUT2D eigenvalue weighted by atomic mass is 9.68. The van der Waals surface area contributed by atoms with Gasteiger partial charge in [0.25, 0.3) is 0 Å². The lowest BCUT2D eigenvalue weighted by molar-refractivity contribution is 0.0764. The fraction of sp³-hybridized carbons (Fsp3) is 1.00. The van der Waals surface area contributed by atoms with E-state index in [0.717, 1.165) is 30.8 Å². The lowest BCUT2D eigenvalue weighted by Crippen LogP contribution is -2.48. The molecule has 21 heavy (non-hydrogen) atoms. The Balaban J connectivity index is 2.60. The highest BCUT2D eigenvalue weighted by Crippen LogP contribution is 2.41. The summed E-state index contributed by atoms with van der Waals surface area (Å²) in [5.41, 5.74) is 6.65. The molecule has 0 saturated heterocycles. The van der Waals surface area contributed by atoms with Crippen LogP contribution in [0.5, 0.6) is 0 Å². The van der Waals surface area contributed by atoms with Gasteiger partial charge in [-0.3, -0.25) is 4.90 Å². The highest BCUT2D eigenvalue weighted by atomic mass is 15.2. The maximum absolute atomic E-state index is 6.18. The molecule has 2 unspecified atom stereocenters. The van der Waals surface area contributed by atoms with Crippen LogP contribution in [0, 0.1) is 23.2 Å². The van der Waals surface area contributed by atoms with Crippen molar-refractivity contribution in [2.24, 2.45) is 28.9 Å². The SMILES string of the molecule is CCC(C)CN(CC)C(CN)C1CCC(C(C)(C)C)CC1. The topological polar surface area (TPSA) is 29.3 Å². The number of hydrogen-bond donors (Lipinski definition) is 1. The molecular formula is C19H40N2. The molecule has 0 aliphatic heterocycles. The Hall–Kier alpha value is -0.0800. The molecule has 0 bridgehead atoms. The molecule has 1 saturated carbocycles. The second-order valence-corrected chi connectivity index (χ2v) is 8.38. The van der Waals surface area contributed by atoms with Gasteiger partial charge in [0.05, 0.1) is 0 Å². The Morgan fingerprint density at radius 1 is 1.10 bits per heavy atom. The van der Waals surface area contributed by atoms with Crippen LogP contribution in [0.3, 0.4) is 0 Å². The van der Waals surface area contributed by atoms with Crippen LogP contribution in [0.15, 0.2) is 0 Å². The van der Waals surface area contributed by atoms with Gasteiger partial charge in [0.1, 0.15) is 0 Å². The number of nitrogens with two attached hydrogens (primary N) is 1. The molecule has 2 N–H and O–H groups in total. The molecule has 0 aromatic rings. The molecule has 1 aliphatic carbocycles. The second kappa shape index (κ2) is 8.53. The third-order valence-electron chi connectivity index (χ3n) is 5.90. The van der Waals surface area contributed by atoms with Crippen LogP contribution in [-0.4, -0.2) is 30.6 Å². The molecule has 0 radical (unpaired) electrons. The highest BCUT2D eigenvalue weighted by molar-refractivity contribution is 4.87. The monoisotopic (exact) mass is 296 g/mol. The summed E-state index contributed by atoms with van der Waals surface area (Å²) in [6.07, 6.45) is 6.81. The summed E-state index contributed by atoms with van der Waals surface area (Å²) in [6.45, 7) is 17.4. The number of likely N-dealkylation sites (N-methyl/N-ethyl adjacent to an activating group) is 1. The van der Waals surface area contributed by atoms with E-state index in [0.29, 0.717) is 11.5 Å². The molecule has 2 nitrogen and oxygen atoms in total. The standard InChI is InChI=1S/C19H40N2/c1-7-15(3)14-21(8-2)18(13-20)16-9-11-17(12-10-16)19(4,5)6/h15-18H,7-14,20H2,1-6H3. The first-order valence-electron chi connectivity index (χ1n) is 9.27. The van der Waals surface area contributed by atoms with Crippen molar-refractivity contribution in [1.82, 2.24) is 4.90 Å². The second-order valence-electron chi connectivity index (χ2n) is 8.38. The maximum atomic E-state index is 6.18. The van der Waals surface area contributed by atoms with Gasteiger partial charge >= 0.3 is 0 Å². The van der Waals surface area contributed by atoms with Crippen LogP contribution in [0.1, 0.15) is 73.6 Å². The highest BCUT2D eigenvalue weighted by Gasteiger charge is 2.34. The summed E-state index contributed by atoms with van der Waals surface area (Å²) in [5, 5.41) is 0. The fourth-order valence-electron chi connectivity index (χ4n) is 4.04. The maximum Gasteiger partial charge on any atom is 0.0246 e. The lowest BCUT2D eigenvalue weighted by Gasteiger charge is -2.43. The van der Waals surface area contributed by atoms with Gasteiger partial charge in [0.2, 0.25) is 0 Å². The van der Waals surface area contributed by atoms with E-state index in [-0.39, 0.29) is 0 Å². The van der Waals surface area contributed by atoms with Crippen molar-refractivity contribution in [3.8, 4) is 0 Å². The zero-order valence-corrected chi connectivity index (χ0v) is 15.5. The van der Waals surface area contributed by atoms with Crippen molar-refractivity contribution >= 4 is 0 Å². The minimum absolute atomic E-state index is 0.477. The first kappa shape index (κ1) is 19.0. The van der Waals surface area contributed by atoms with E-state index in [1.165, 1.54) is 38.6 Å². The molecule has 0 aromatic carbocycles. The summed E-state index contributed by atoms with van der Waals surface area (Å²) in [6, 6.07) is 0.602. The van der Waals surface area contributed by atoms with Crippen LogP contribution >= 0.6 is 0 Å². The zero-order chi connectivity index (χ0) is 16.0. The summed E-state index contributed by atoms with van der Waals surface area (Å²) in [4.78, 5) is 2.66. The molecule has 1 fully saturated rings. The Morgan fingerprint density at radius 2 is 1.67 bits per heavy atom. The molecule has 1 aliphatic rings. The summed E-state index contributed by atoms with van der Waals surface area (Å²) < 4.78 is 0. The average molecular weight is 297 g/mol. The summed E-state index contributed by atoms with van der Waals surface area (Å²) in [7, 11) is 0. The zero-order valence-electron chi connectivity index (χ0n) is 15.5. The van der Waals surface area contributed by atoms with Crippen molar-refractivity contribution in [3.63, 3.8) is 0 Å². The first-order chi connectivity index (χ1) is 9.83. The van der Waals surface area contributed by atoms with E-state index in [4.69, 9.17) is 5.73 Å². The van der Waals surface area contributed by atoms with Crippen molar-refractivity contribution in [1.29, 1.82) is 0 Å². The molecule has 126 valence electrons. The predicted octanol–water partition coefficient (Wildman–Crippen LogP) is 4.53. The van der Waals surface area contributed by atoms with Gasteiger partial charge in [-0.1, -0.05) is 48.0 Å². The van der Waals surface area contributed by atoms with Gasteiger partial charge in [0, 0.05) is 19.1 Å². The summed E-state index contributed by atoms with van der Waals surface area (Å²) in [5.74, 6) is 2.50. The number of rotatable bonds is 7. The smallest absolute Gasteiger partial charge is 0.0246 e. The van der Waals surface area contributed by atoms with E-state index >= 15 is 0 Å². The van der Waals surface area contributed by atoms with Crippen molar-refractivity contribution < 1.29 is 0 Å². The molecule has 2 heteroatoms. The van der Waals surface area contributed by atoms with Crippen LogP contribution in [0.25, 0.3) is 0 Å². The van der Waals surface area contributed by atoms with Crippen LogP contribution in [0.2, 0.25) is 0 Å². The number of nitrogens with zero attached hydrogens (tertiary/aromatic N) is 1. The average Bonchev–Trinajstić information content (AvgIpc) is 2.46. The number of hydrogen-bond acceptors (Lipinski definition) is 2. The Morgan fingerprint density at radius 3 is 2.05 bits per heavy atom. The van der Waals surface area contributed by atoms with E-state index in [9.17, 15) is 0 Å². The molecular weight excluding hydrogens is 256 g/mol. The third kappa shape index (κ3) is 5.56. The van der Waals surface area contributed by atoms with E-state index < -0.39 is 0 Å². The quantitative estimate of drug-likeness (QED) is 0.747. The van der Waals surface area contributed by atoms with E-state index in [1.807, 2.05) is 0 Å². The first-order valence-corrected chi connectivity index (χ1v) is 9.27. The molecule has 0 spiro atoms.